The van der Waals surface area contributed by atoms with Gasteiger partial charge in [-0.3, -0.25) is 0 Å². The molecule has 0 aliphatic rings. The summed E-state index contributed by atoms with van der Waals surface area (Å²) in [7, 11) is 0. The molecule has 0 saturated carbocycles. The second-order valence-corrected chi connectivity index (χ2v) is 4.57. The maximum absolute atomic E-state index is 2.16. The fourth-order valence-electron chi connectivity index (χ4n) is 1.46. The molecule has 0 aliphatic heterocycles. The van der Waals surface area contributed by atoms with E-state index in [1.54, 1.807) is 11.8 Å². The molecule has 0 radical (unpaired) electrons. The second-order valence-electron chi connectivity index (χ2n) is 3.59. The standard InChI is InChI=1S/C15H14S/c1-13-7-5-6-8-14(13)11-12-16-15-9-3-2-4-10-15/h2-12H,1H3/b12-11+. The highest BCUT2D eigenvalue weighted by molar-refractivity contribution is 8.02. The van der Waals surface area contributed by atoms with Crippen molar-refractivity contribution >= 4 is 17.8 Å². The average molecular weight is 226 g/mol. The molecule has 0 unspecified atom stereocenters. The molecule has 0 N–H and O–H groups in total. The van der Waals surface area contributed by atoms with Crippen molar-refractivity contribution in [2.24, 2.45) is 0 Å². The van der Waals surface area contributed by atoms with Crippen LogP contribution in [0.3, 0.4) is 0 Å². The van der Waals surface area contributed by atoms with E-state index in [4.69, 9.17) is 0 Å². The van der Waals surface area contributed by atoms with Gasteiger partial charge in [0, 0.05) is 4.90 Å². The van der Waals surface area contributed by atoms with Gasteiger partial charge >= 0.3 is 0 Å². The molecule has 0 aromatic heterocycles. The summed E-state index contributed by atoms with van der Waals surface area (Å²) in [6.45, 7) is 2.13. The number of aryl methyl sites for hydroxylation is 1. The zero-order valence-corrected chi connectivity index (χ0v) is 10.1. The fraction of sp³-hybridized carbons (Fsp3) is 0.0667. The average Bonchev–Trinajstić information content (AvgIpc) is 2.33. The van der Waals surface area contributed by atoms with Crippen molar-refractivity contribution in [3.05, 3.63) is 71.1 Å². The molecule has 0 spiro atoms. The van der Waals surface area contributed by atoms with Crippen LogP contribution in [0.5, 0.6) is 0 Å². The Morgan fingerprint density at radius 3 is 2.31 bits per heavy atom. The van der Waals surface area contributed by atoms with E-state index in [0.717, 1.165) is 0 Å². The molecular formula is C15H14S. The van der Waals surface area contributed by atoms with Gasteiger partial charge in [0.1, 0.15) is 0 Å². The van der Waals surface area contributed by atoms with E-state index in [-0.39, 0.29) is 0 Å². The number of rotatable bonds is 3. The van der Waals surface area contributed by atoms with Crippen molar-refractivity contribution in [2.45, 2.75) is 11.8 Å². The lowest BCUT2D eigenvalue weighted by atomic mass is 10.1. The van der Waals surface area contributed by atoms with Crippen LogP contribution >= 0.6 is 11.8 Å². The quantitative estimate of drug-likeness (QED) is 0.680. The molecule has 80 valence electrons. The zero-order valence-electron chi connectivity index (χ0n) is 9.26. The van der Waals surface area contributed by atoms with E-state index in [0.29, 0.717) is 0 Å². The fourth-order valence-corrected chi connectivity index (χ4v) is 2.14. The Morgan fingerprint density at radius 1 is 0.875 bits per heavy atom. The number of thioether (sulfide) groups is 1. The normalized spacial score (nSPS) is 10.8. The van der Waals surface area contributed by atoms with Crippen LogP contribution in [0, 0.1) is 6.92 Å². The van der Waals surface area contributed by atoms with Gasteiger partial charge in [0.25, 0.3) is 0 Å². The molecule has 0 bridgehead atoms. The minimum atomic E-state index is 1.27. The van der Waals surface area contributed by atoms with Crippen LogP contribution in [0.2, 0.25) is 0 Å². The van der Waals surface area contributed by atoms with Crippen molar-refractivity contribution in [3.63, 3.8) is 0 Å². The van der Waals surface area contributed by atoms with Crippen LogP contribution in [-0.4, -0.2) is 0 Å². The van der Waals surface area contributed by atoms with Gasteiger partial charge in [-0.25, -0.2) is 0 Å². The van der Waals surface area contributed by atoms with Gasteiger partial charge in [-0.15, -0.1) is 0 Å². The molecule has 0 nitrogen and oxygen atoms in total. The van der Waals surface area contributed by atoms with Gasteiger partial charge in [-0.05, 0) is 41.7 Å². The Morgan fingerprint density at radius 2 is 1.56 bits per heavy atom. The molecule has 0 fully saturated rings. The Kier molecular flexibility index (Phi) is 3.84. The zero-order chi connectivity index (χ0) is 11.2. The van der Waals surface area contributed by atoms with Gasteiger partial charge in [0.2, 0.25) is 0 Å². The molecule has 1 heteroatoms. The van der Waals surface area contributed by atoms with Crippen LogP contribution in [0.25, 0.3) is 6.08 Å². The first-order chi connectivity index (χ1) is 7.86. The van der Waals surface area contributed by atoms with E-state index < -0.39 is 0 Å². The highest BCUT2D eigenvalue weighted by Crippen LogP contribution is 2.20. The highest BCUT2D eigenvalue weighted by atomic mass is 32.2. The lowest BCUT2D eigenvalue weighted by Gasteiger charge is -1.98. The summed E-state index contributed by atoms with van der Waals surface area (Å²) in [4.78, 5) is 1.27. The maximum atomic E-state index is 2.16. The number of hydrogen-bond donors (Lipinski definition) is 0. The summed E-state index contributed by atoms with van der Waals surface area (Å²) in [5.74, 6) is 0. The molecular weight excluding hydrogens is 212 g/mol. The Balaban J connectivity index is 2.03. The van der Waals surface area contributed by atoms with Gasteiger partial charge < -0.3 is 0 Å². The maximum Gasteiger partial charge on any atom is 0.0116 e. The van der Waals surface area contributed by atoms with E-state index >= 15 is 0 Å². The highest BCUT2D eigenvalue weighted by Gasteiger charge is 1.91. The Hall–Kier alpha value is -1.47. The van der Waals surface area contributed by atoms with Gasteiger partial charge in [-0.1, -0.05) is 54.2 Å². The predicted molar refractivity (Wildman–Crippen MR) is 72.5 cm³/mol. The van der Waals surface area contributed by atoms with E-state index in [1.807, 2.05) is 6.07 Å². The van der Waals surface area contributed by atoms with Gasteiger partial charge in [0.15, 0.2) is 0 Å². The first-order valence-corrected chi connectivity index (χ1v) is 6.18. The molecule has 0 aliphatic carbocycles. The monoisotopic (exact) mass is 226 g/mol. The van der Waals surface area contributed by atoms with Crippen LogP contribution < -0.4 is 0 Å². The minimum absolute atomic E-state index is 1.27. The van der Waals surface area contributed by atoms with E-state index in [1.165, 1.54) is 16.0 Å². The molecule has 2 rings (SSSR count). The molecule has 2 aromatic rings. The Bertz CT molecular complexity index is 472. The third-order valence-corrected chi connectivity index (χ3v) is 3.20. The predicted octanol–water partition coefficient (Wildman–Crippen LogP) is 4.76. The largest absolute Gasteiger partial charge is 0.0981 e. The van der Waals surface area contributed by atoms with Crippen LogP contribution in [0.1, 0.15) is 11.1 Å². The smallest absolute Gasteiger partial charge is 0.0116 e. The molecule has 2 aromatic carbocycles. The van der Waals surface area contributed by atoms with Crippen LogP contribution in [0.4, 0.5) is 0 Å². The summed E-state index contributed by atoms with van der Waals surface area (Å²) >= 11 is 1.74. The summed E-state index contributed by atoms with van der Waals surface area (Å²) in [5.41, 5.74) is 2.60. The molecule has 16 heavy (non-hydrogen) atoms. The summed E-state index contributed by atoms with van der Waals surface area (Å²) < 4.78 is 0. The number of hydrogen-bond acceptors (Lipinski definition) is 1. The SMILES string of the molecule is Cc1ccccc1/C=C/Sc1ccccc1. The van der Waals surface area contributed by atoms with E-state index in [9.17, 15) is 0 Å². The van der Waals surface area contributed by atoms with Crippen LogP contribution in [-0.2, 0) is 0 Å². The van der Waals surface area contributed by atoms with Crippen molar-refractivity contribution in [1.82, 2.24) is 0 Å². The van der Waals surface area contributed by atoms with Crippen LogP contribution in [0.15, 0.2) is 64.9 Å². The number of benzene rings is 2. The first kappa shape index (κ1) is 11.0. The first-order valence-electron chi connectivity index (χ1n) is 5.30. The van der Waals surface area contributed by atoms with Crippen molar-refractivity contribution in [3.8, 4) is 0 Å². The van der Waals surface area contributed by atoms with Crippen molar-refractivity contribution in [1.29, 1.82) is 0 Å². The molecule has 0 atom stereocenters. The third kappa shape index (κ3) is 3.01. The lowest BCUT2D eigenvalue weighted by Crippen LogP contribution is -1.76. The third-order valence-electron chi connectivity index (χ3n) is 2.38. The topological polar surface area (TPSA) is 0 Å². The van der Waals surface area contributed by atoms with E-state index in [2.05, 4.69) is 66.9 Å². The lowest BCUT2D eigenvalue weighted by molar-refractivity contribution is 1.44. The summed E-state index contributed by atoms with van der Waals surface area (Å²) in [6, 6.07) is 18.8. The van der Waals surface area contributed by atoms with Gasteiger partial charge in [-0.2, -0.15) is 0 Å². The van der Waals surface area contributed by atoms with Crippen molar-refractivity contribution < 1.29 is 0 Å². The van der Waals surface area contributed by atoms with Crippen molar-refractivity contribution in [2.75, 3.05) is 0 Å². The molecule has 0 saturated heterocycles. The second kappa shape index (κ2) is 5.57. The minimum Gasteiger partial charge on any atom is -0.0981 e. The summed E-state index contributed by atoms with van der Waals surface area (Å²) in [6.07, 6.45) is 2.16. The molecule has 0 amide bonds. The summed E-state index contributed by atoms with van der Waals surface area (Å²) in [5, 5.41) is 2.14. The Labute approximate surface area is 101 Å². The van der Waals surface area contributed by atoms with Gasteiger partial charge in [0.05, 0.1) is 0 Å². The molecule has 0 heterocycles.